The minimum absolute atomic E-state index is 0.0411. The van der Waals surface area contributed by atoms with E-state index in [0.717, 1.165) is 5.52 Å². The van der Waals surface area contributed by atoms with Crippen molar-refractivity contribution in [1.29, 1.82) is 0 Å². The number of rotatable bonds is 2. The molecule has 0 spiro atoms. The van der Waals surface area contributed by atoms with Crippen LogP contribution in [0.5, 0.6) is 0 Å². The van der Waals surface area contributed by atoms with Gasteiger partial charge < -0.3 is 4.98 Å². The van der Waals surface area contributed by atoms with E-state index in [1.54, 1.807) is 16.7 Å². The monoisotopic (exact) mass is 238 g/mol. The zero-order valence-corrected chi connectivity index (χ0v) is 9.71. The summed E-state index contributed by atoms with van der Waals surface area (Å²) in [6, 6.07) is 3.27. The Labute approximate surface area is 96.8 Å². The normalized spacial score (nSPS) is 11.2. The zero-order valence-electron chi connectivity index (χ0n) is 8.95. The van der Waals surface area contributed by atoms with Crippen molar-refractivity contribution in [3.8, 4) is 0 Å². The van der Waals surface area contributed by atoms with Crippen molar-refractivity contribution in [3.63, 3.8) is 0 Å². The smallest absolute Gasteiger partial charge is 0.306 e. The number of aromatic nitrogens is 2. The first-order valence-corrected chi connectivity index (χ1v) is 5.31. The third-order valence-corrected chi connectivity index (χ3v) is 2.81. The van der Waals surface area contributed by atoms with Gasteiger partial charge in [-0.15, -0.1) is 0 Å². The van der Waals surface area contributed by atoms with E-state index in [4.69, 9.17) is 11.6 Å². The van der Waals surface area contributed by atoms with Crippen LogP contribution >= 0.6 is 11.6 Å². The topological polar surface area (TPSA) is 54.9 Å². The molecule has 0 amide bonds. The average Bonchev–Trinajstić information content (AvgIpc) is 2.51. The molecule has 0 aliphatic carbocycles. The number of imidazole rings is 1. The van der Waals surface area contributed by atoms with Gasteiger partial charge in [-0.1, -0.05) is 11.6 Å². The lowest BCUT2D eigenvalue weighted by Crippen LogP contribution is -2.18. The summed E-state index contributed by atoms with van der Waals surface area (Å²) < 4.78 is 1.61. The first kappa shape index (κ1) is 11.0. The first-order valence-electron chi connectivity index (χ1n) is 4.93. The molecule has 0 saturated heterocycles. The van der Waals surface area contributed by atoms with E-state index >= 15 is 0 Å². The quantitative estimate of drug-likeness (QED) is 0.817. The number of fused-ring (bicyclic) bond motifs is 1. The maximum Gasteiger partial charge on any atom is 0.326 e. The lowest BCUT2D eigenvalue weighted by atomic mass is 10.2. The third kappa shape index (κ3) is 1.55. The molecule has 1 heterocycles. The maximum atomic E-state index is 11.7. The number of carbonyl (C=O) groups excluding carboxylic acids is 1. The fourth-order valence-electron chi connectivity index (χ4n) is 1.77. The summed E-state index contributed by atoms with van der Waals surface area (Å²) in [6.45, 7) is 3.83. The van der Waals surface area contributed by atoms with Gasteiger partial charge in [-0.25, -0.2) is 4.79 Å². The number of H-pyrrole nitrogens is 1. The molecule has 1 N–H and O–H groups in total. The predicted octanol–water partition coefficient (Wildman–Crippen LogP) is 2.38. The number of halogens is 1. The molecule has 0 atom stereocenters. The van der Waals surface area contributed by atoms with Gasteiger partial charge in [0.05, 0.1) is 16.1 Å². The highest BCUT2D eigenvalue weighted by molar-refractivity contribution is 6.33. The second-order valence-electron chi connectivity index (χ2n) is 3.90. The molecule has 0 radical (unpaired) electrons. The summed E-state index contributed by atoms with van der Waals surface area (Å²) in [5.74, 6) is 0. The van der Waals surface area contributed by atoms with Crippen LogP contribution in [0.25, 0.3) is 11.0 Å². The molecule has 0 aliphatic heterocycles. The van der Waals surface area contributed by atoms with Crippen LogP contribution in [0.1, 0.15) is 30.2 Å². The third-order valence-electron chi connectivity index (χ3n) is 2.48. The van der Waals surface area contributed by atoms with Gasteiger partial charge >= 0.3 is 5.69 Å². The Morgan fingerprint density at radius 1 is 1.44 bits per heavy atom. The molecule has 16 heavy (non-hydrogen) atoms. The first-order chi connectivity index (χ1) is 7.54. The van der Waals surface area contributed by atoms with Crippen molar-refractivity contribution in [1.82, 2.24) is 9.55 Å². The lowest BCUT2D eigenvalue weighted by Gasteiger charge is -2.07. The average molecular weight is 239 g/mol. The molecule has 0 aliphatic rings. The van der Waals surface area contributed by atoms with Gasteiger partial charge in [0.1, 0.15) is 0 Å². The van der Waals surface area contributed by atoms with Crippen molar-refractivity contribution >= 4 is 28.9 Å². The van der Waals surface area contributed by atoms with Gasteiger partial charge in [-0.3, -0.25) is 9.36 Å². The molecular formula is C11H11ClN2O2. The molecule has 0 fully saturated rings. The summed E-state index contributed by atoms with van der Waals surface area (Å²) in [7, 11) is 0. The molecule has 84 valence electrons. The summed E-state index contributed by atoms with van der Waals surface area (Å²) in [6.07, 6.45) is 0.673. The molecular weight excluding hydrogens is 228 g/mol. The van der Waals surface area contributed by atoms with Gasteiger partial charge in [0.25, 0.3) is 0 Å². The van der Waals surface area contributed by atoms with Crippen LogP contribution in [0, 0.1) is 0 Å². The Kier molecular flexibility index (Phi) is 2.59. The fraction of sp³-hybridized carbons (Fsp3) is 0.273. The highest BCUT2D eigenvalue weighted by Gasteiger charge is 2.12. The van der Waals surface area contributed by atoms with Gasteiger partial charge in [0, 0.05) is 11.6 Å². The summed E-state index contributed by atoms with van der Waals surface area (Å²) in [5, 5.41) is 0.357. The highest BCUT2D eigenvalue weighted by atomic mass is 35.5. The van der Waals surface area contributed by atoms with Crippen molar-refractivity contribution < 1.29 is 4.79 Å². The molecule has 2 rings (SSSR count). The molecule has 0 unspecified atom stereocenters. The standard InChI is InChI=1S/C11H11ClN2O2/c1-6(2)14-10-4-8(12)7(5-15)3-9(10)13-11(14)16/h3-6H,1-2H3,(H,13,16). The maximum absolute atomic E-state index is 11.7. The Hall–Kier alpha value is -1.55. The van der Waals surface area contributed by atoms with Crippen LogP contribution in [0.3, 0.4) is 0 Å². The SMILES string of the molecule is CC(C)n1c(=O)[nH]c2cc(C=O)c(Cl)cc21. The van der Waals surface area contributed by atoms with E-state index in [1.165, 1.54) is 0 Å². The van der Waals surface area contributed by atoms with E-state index in [0.29, 0.717) is 22.4 Å². The number of hydrogen-bond donors (Lipinski definition) is 1. The van der Waals surface area contributed by atoms with Crippen molar-refractivity contribution in [3.05, 3.63) is 33.2 Å². The molecule has 4 nitrogen and oxygen atoms in total. The lowest BCUT2D eigenvalue weighted by molar-refractivity contribution is 0.112. The molecule has 1 aromatic carbocycles. The number of nitrogens with zero attached hydrogens (tertiary/aromatic N) is 1. The number of aldehydes is 1. The largest absolute Gasteiger partial charge is 0.326 e. The van der Waals surface area contributed by atoms with E-state index < -0.39 is 0 Å². The number of benzene rings is 1. The van der Waals surface area contributed by atoms with Crippen LogP contribution in [0.15, 0.2) is 16.9 Å². The number of hydrogen-bond acceptors (Lipinski definition) is 2. The Balaban J connectivity index is 2.86. The minimum Gasteiger partial charge on any atom is -0.306 e. The molecule has 2 aromatic rings. The molecule has 0 bridgehead atoms. The molecule has 5 heteroatoms. The van der Waals surface area contributed by atoms with Crippen molar-refractivity contribution in [2.24, 2.45) is 0 Å². The Bertz CT molecular complexity index is 610. The van der Waals surface area contributed by atoms with Crippen molar-refractivity contribution in [2.45, 2.75) is 19.9 Å². The van der Waals surface area contributed by atoms with E-state index in [9.17, 15) is 9.59 Å². The second kappa shape index (κ2) is 3.79. The van der Waals surface area contributed by atoms with Gasteiger partial charge in [0.2, 0.25) is 0 Å². The zero-order chi connectivity index (χ0) is 11.9. The van der Waals surface area contributed by atoms with E-state index in [2.05, 4.69) is 4.98 Å². The van der Waals surface area contributed by atoms with Gasteiger partial charge in [-0.05, 0) is 26.0 Å². The van der Waals surface area contributed by atoms with Crippen LogP contribution in [0.2, 0.25) is 5.02 Å². The van der Waals surface area contributed by atoms with Gasteiger partial charge in [0.15, 0.2) is 6.29 Å². The van der Waals surface area contributed by atoms with Crippen LogP contribution < -0.4 is 5.69 Å². The highest BCUT2D eigenvalue weighted by Crippen LogP contribution is 2.22. The Morgan fingerprint density at radius 2 is 2.12 bits per heavy atom. The summed E-state index contributed by atoms with van der Waals surface area (Å²) in [4.78, 5) is 25.1. The summed E-state index contributed by atoms with van der Waals surface area (Å²) in [5.41, 5.74) is 1.54. The molecule has 0 saturated carbocycles. The second-order valence-corrected chi connectivity index (χ2v) is 4.31. The molecule has 1 aromatic heterocycles. The minimum atomic E-state index is -0.191. The predicted molar refractivity (Wildman–Crippen MR) is 63.3 cm³/mol. The number of aromatic amines is 1. The van der Waals surface area contributed by atoms with E-state index in [-0.39, 0.29) is 11.7 Å². The number of nitrogens with one attached hydrogen (secondary N) is 1. The summed E-state index contributed by atoms with van der Waals surface area (Å²) >= 11 is 5.93. The fourth-order valence-corrected chi connectivity index (χ4v) is 1.97. The van der Waals surface area contributed by atoms with E-state index in [1.807, 2.05) is 13.8 Å². The van der Waals surface area contributed by atoms with Crippen molar-refractivity contribution in [2.75, 3.05) is 0 Å². The van der Waals surface area contributed by atoms with Crippen LogP contribution in [-0.2, 0) is 0 Å². The Morgan fingerprint density at radius 3 is 2.69 bits per heavy atom. The number of carbonyl (C=O) groups is 1. The van der Waals surface area contributed by atoms with Crippen LogP contribution in [0.4, 0.5) is 0 Å². The van der Waals surface area contributed by atoms with Crippen LogP contribution in [-0.4, -0.2) is 15.8 Å². The van der Waals surface area contributed by atoms with Gasteiger partial charge in [-0.2, -0.15) is 0 Å².